The van der Waals surface area contributed by atoms with Gasteiger partial charge in [-0.05, 0) is 12.1 Å². The summed E-state index contributed by atoms with van der Waals surface area (Å²) in [6.07, 6.45) is -0.445. The first-order chi connectivity index (χ1) is 9.94. The Bertz CT molecular complexity index is 561. The summed E-state index contributed by atoms with van der Waals surface area (Å²) in [4.78, 5) is 11.7. The molecule has 0 radical (unpaired) electrons. The molecule has 0 atom stereocenters. The number of benzene rings is 1. The molecule has 0 N–H and O–H groups in total. The van der Waals surface area contributed by atoms with E-state index in [9.17, 15) is 13.2 Å². The van der Waals surface area contributed by atoms with Crippen molar-refractivity contribution in [2.24, 2.45) is 0 Å². The summed E-state index contributed by atoms with van der Waals surface area (Å²) in [5, 5.41) is 0. The third-order valence-corrected chi connectivity index (χ3v) is 3.23. The lowest BCUT2D eigenvalue weighted by molar-refractivity contribution is -0.223. The average Bonchev–Trinajstić information content (AvgIpc) is 2.45. The Hall–Kier alpha value is -1.48. The lowest BCUT2D eigenvalue weighted by Crippen LogP contribution is -2.40. The van der Waals surface area contributed by atoms with Gasteiger partial charge in [0.2, 0.25) is 0 Å². The summed E-state index contributed by atoms with van der Waals surface area (Å²) >= 11 is 0. The van der Waals surface area contributed by atoms with Gasteiger partial charge in [0.25, 0.3) is 10.1 Å². The van der Waals surface area contributed by atoms with E-state index in [1.165, 1.54) is 0 Å². The lowest BCUT2D eigenvalue weighted by atomic mass is 10.2. The second-order valence-corrected chi connectivity index (χ2v) is 6.08. The van der Waals surface area contributed by atoms with E-state index in [0.29, 0.717) is 5.56 Å². The van der Waals surface area contributed by atoms with Gasteiger partial charge < -0.3 is 14.2 Å². The molecule has 0 unspecified atom stereocenters. The van der Waals surface area contributed by atoms with Gasteiger partial charge >= 0.3 is 5.97 Å². The minimum atomic E-state index is -3.55. The molecule has 0 bridgehead atoms. The van der Waals surface area contributed by atoms with E-state index in [1.807, 2.05) is 0 Å². The second kappa shape index (κ2) is 6.99. The number of hydrogen-bond acceptors (Lipinski definition) is 7. The maximum atomic E-state index is 11.7. The minimum absolute atomic E-state index is 0.0562. The van der Waals surface area contributed by atoms with E-state index in [-0.39, 0.29) is 19.8 Å². The zero-order valence-corrected chi connectivity index (χ0v) is 12.2. The molecule has 0 aromatic heterocycles. The van der Waals surface area contributed by atoms with Crippen molar-refractivity contribution in [1.82, 2.24) is 0 Å². The fourth-order valence-electron chi connectivity index (χ4n) is 1.73. The Morgan fingerprint density at radius 2 is 1.86 bits per heavy atom. The monoisotopic (exact) mass is 316 g/mol. The summed E-state index contributed by atoms with van der Waals surface area (Å²) < 4.78 is 42.2. The van der Waals surface area contributed by atoms with E-state index in [0.717, 1.165) is 6.26 Å². The van der Waals surface area contributed by atoms with Crippen LogP contribution in [0.25, 0.3) is 0 Å². The highest BCUT2D eigenvalue weighted by Crippen LogP contribution is 2.11. The molecule has 1 saturated heterocycles. The van der Waals surface area contributed by atoms with Gasteiger partial charge in [0, 0.05) is 0 Å². The van der Waals surface area contributed by atoms with E-state index in [2.05, 4.69) is 0 Å². The summed E-state index contributed by atoms with van der Waals surface area (Å²) in [7, 11) is -3.55. The SMILES string of the molecule is CS(=O)(=O)OC1COC(COC(=O)c2ccccc2)OC1. The number of hydrogen-bond donors (Lipinski definition) is 0. The molecule has 0 aliphatic carbocycles. The fourth-order valence-corrected chi connectivity index (χ4v) is 2.33. The highest BCUT2D eigenvalue weighted by atomic mass is 32.2. The van der Waals surface area contributed by atoms with Crippen molar-refractivity contribution in [3.63, 3.8) is 0 Å². The maximum Gasteiger partial charge on any atom is 0.338 e. The zero-order valence-electron chi connectivity index (χ0n) is 11.4. The van der Waals surface area contributed by atoms with E-state index in [1.54, 1.807) is 30.3 Å². The first-order valence-electron chi connectivity index (χ1n) is 6.28. The molecular weight excluding hydrogens is 300 g/mol. The van der Waals surface area contributed by atoms with Gasteiger partial charge in [-0.25, -0.2) is 4.79 Å². The largest absolute Gasteiger partial charge is 0.457 e. The quantitative estimate of drug-likeness (QED) is 0.579. The number of ether oxygens (including phenoxy) is 3. The van der Waals surface area contributed by atoms with Crippen molar-refractivity contribution in [3.8, 4) is 0 Å². The van der Waals surface area contributed by atoms with Crippen LogP contribution in [0.15, 0.2) is 30.3 Å². The maximum absolute atomic E-state index is 11.7. The Balaban J connectivity index is 1.73. The summed E-state index contributed by atoms with van der Waals surface area (Å²) in [6, 6.07) is 8.54. The van der Waals surface area contributed by atoms with Gasteiger partial charge in [0.15, 0.2) is 6.29 Å². The molecule has 8 heteroatoms. The Kier molecular flexibility index (Phi) is 5.29. The van der Waals surface area contributed by atoms with Crippen LogP contribution >= 0.6 is 0 Å². The first-order valence-corrected chi connectivity index (χ1v) is 8.09. The van der Waals surface area contributed by atoms with Crippen LogP contribution in [0.4, 0.5) is 0 Å². The van der Waals surface area contributed by atoms with Crippen molar-refractivity contribution in [1.29, 1.82) is 0 Å². The predicted octanol–water partition coefficient (Wildman–Crippen LogP) is 0.561. The van der Waals surface area contributed by atoms with Crippen LogP contribution in [0.2, 0.25) is 0 Å². The van der Waals surface area contributed by atoms with E-state index >= 15 is 0 Å². The molecule has 21 heavy (non-hydrogen) atoms. The van der Waals surface area contributed by atoms with Gasteiger partial charge in [0.1, 0.15) is 12.7 Å². The van der Waals surface area contributed by atoms with Gasteiger partial charge in [-0.2, -0.15) is 8.42 Å². The van der Waals surface area contributed by atoms with Crippen molar-refractivity contribution in [3.05, 3.63) is 35.9 Å². The molecule has 1 aromatic rings. The standard InChI is InChI=1S/C13H16O7S/c1-21(15,16)20-11-7-17-12(18-8-11)9-19-13(14)10-5-3-2-4-6-10/h2-6,11-12H,7-9H2,1H3. The molecule has 1 fully saturated rings. The molecule has 1 heterocycles. The van der Waals surface area contributed by atoms with Crippen molar-refractivity contribution in [2.75, 3.05) is 26.1 Å². The smallest absolute Gasteiger partial charge is 0.338 e. The van der Waals surface area contributed by atoms with Crippen LogP contribution in [0.5, 0.6) is 0 Å². The predicted molar refractivity (Wildman–Crippen MR) is 72.1 cm³/mol. The molecule has 0 saturated carbocycles. The van der Waals surface area contributed by atoms with Crippen molar-refractivity contribution < 1.29 is 31.6 Å². The minimum Gasteiger partial charge on any atom is -0.457 e. The van der Waals surface area contributed by atoms with Gasteiger partial charge in [-0.1, -0.05) is 18.2 Å². The van der Waals surface area contributed by atoms with E-state index < -0.39 is 28.5 Å². The average molecular weight is 316 g/mol. The molecule has 1 aromatic carbocycles. The van der Waals surface area contributed by atoms with Crippen LogP contribution < -0.4 is 0 Å². The summed E-state index contributed by atoms with van der Waals surface area (Å²) in [5.41, 5.74) is 0.437. The molecule has 1 aliphatic heterocycles. The van der Waals surface area contributed by atoms with Crippen LogP contribution in [0, 0.1) is 0 Å². The Labute approximate surface area is 122 Å². The van der Waals surface area contributed by atoms with E-state index in [4.69, 9.17) is 18.4 Å². The Morgan fingerprint density at radius 1 is 1.24 bits per heavy atom. The first kappa shape index (κ1) is 15.9. The van der Waals surface area contributed by atoms with Crippen molar-refractivity contribution >= 4 is 16.1 Å². The Morgan fingerprint density at radius 3 is 2.43 bits per heavy atom. The number of rotatable bonds is 5. The number of carbonyl (C=O) groups is 1. The van der Waals surface area contributed by atoms with Crippen LogP contribution in [0.1, 0.15) is 10.4 Å². The molecule has 0 amide bonds. The third kappa shape index (κ3) is 5.43. The van der Waals surface area contributed by atoms with Gasteiger partial charge in [-0.3, -0.25) is 4.18 Å². The highest BCUT2D eigenvalue weighted by Gasteiger charge is 2.26. The molecule has 7 nitrogen and oxygen atoms in total. The summed E-state index contributed by atoms with van der Waals surface area (Å²) in [6.45, 7) is 0.0422. The second-order valence-electron chi connectivity index (χ2n) is 4.48. The zero-order chi connectivity index (χ0) is 15.3. The number of carbonyl (C=O) groups excluding carboxylic acids is 1. The third-order valence-electron chi connectivity index (χ3n) is 2.61. The lowest BCUT2D eigenvalue weighted by Gasteiger charge is -2.28. The van der Waals surface area contributed by atoms with Crippen molar-refractivity contribution in [2.45, 2.75) is 12.4 Å². The molecule has 2 rings (SSSR count). The number of esters is 1. The van der Waals surface area contributed by atoms with Crippen LogP contribution in [-0.2, 0) is 28.5 Å². The van der Waals surface area contributed by atoms with Gasteiger partial charge in [0.05, 0.1) is 25.0 Å². The van der Waals surface area contributed by atoms with Gasteiger partial charge in [-0.15, -0.1) is 0 Å². The van der Waals surface area contributed by atoms with Crippen LogP contribution in [0.3, 0.4) is 0 Å². The van der Waals surface area contributed by atoms with Crippen LogP contribution in [-0.4, -0.2) is 52.9 Å². The topological polar surface area (TPSA) is 88.1 Å². The summed E-state index contributed by atoms with van der Waals surface area (Å²) in [5.74, 6) is -0.475. The molecular formula is C13H16O7S. The fraction of sp³-hybridized carbons (Fsp3) is 0.462. The highest BCUT2D eigenvalue weighted by molar-refractivity contribution is 7.86. The molecule has 116 valence electrons. The molecule has 1 aliphatic rings. The normalized spacial score (nSPS) is 22.7. The molecule has 0 spiro atoms.